The van der Waals surface area contributed by atoms with Crippen molar-refractivity contribution in [2.45, 2.75) is 50.1 Å². The Hall–Kier alpha value is -3.34. The molecule has 3 N–H and O–H groups in total. The number of alkyl halides is 2. The van der Waals surface area contributed by atoms with E-state index < -0.39 is 53.6 Å². The minimum absolute atomic E-state index is 0.00166. The molecule has 2 heterocycles. The highest BCUT2D eigenvalue weighted by Crippen LogP contribution is 2.56. The van der Waals surface area contributed by atoms with Gasteiger partial charge in [0.1, 0.15) is 17.1 Å². The van der Waals surface area contributed by atoms with Crippen molar-refractivity contribution in [3.8, 4) is 0 Å². The first-order chi connectivity index (χ1) is 16.9. The van der Waals surface area contributed by atoms with Crippen molar-refractivity contribution in [3.05, 3.63) is 51.6 Å². The summed E-state index contributed by atoms with van der Waals surface area (Å²) < 4.78 is 42.4. The zero-order valence-electron chi connectivity index (χ0n) is 19.3. The molecule has 0 saturated heterocycles. The summed E-state index contributed by atoms with van der Waals surface area (Å²) in [6.07, 6.45) is -1.03. The highest BCUT2D eigenvalue weighted by Gasteiger charge is 2.62. The predicted octanol–water partition coefficient (Wildman–Crippen LogP) is 3.17. The van der Waals surface area contributed by atoms with Crippen LogP contribution >= 0.6 is 11.6 Å². The molecule has 0 spiro atoms. The van der Waals surface area contributed by atoms with Crippen LogP contribution in [0.3, 0.4) is 0 Å². The second kappa shape index (κ2) is 8.09. The Bertz CT molecular complexity index is 1350. The normalized spacial score (nSPS) is 22.1. The van der Waals surface area contributed by atoms with Gasteiger partial charge in [-0.2, -0.15) is 0 Å². The van der Waals surface area contributed by atoms with Gasteiger partial charge in [-0.1, -0.05) is 11.6 Å². The summed E-state index contributed by atoms with van der Waals surface area (Å²) in [6.45, 7) is 2.01. The first-order valence-corrected chi connectivity index (χ1v) is 11.7. The van der Waals surface area contributed by atoms with Crippen LogP contribution in [0.2, 0.25) is 5.02 Å². The van der Waals surface area contributed by atoms with Crippen molar-refractivity contribution >= 4 is 40.8 Å². The van der Waals surface area contributed by atoms with E-state index in [1.165, 1.54) is 26.1 Å². The number of nitrogens with one attached hydrogen (secondary N) is 3. The quantitative estimate of drug-likeness (QED) is 0.400. The van der Waals surface area contributed by atoms with Gasteiger partial charge in [0.05, 0.1) is 10.6 Å². The molecular weight excluding hydrogens is 501 g/mol. The van der Waals surface area contributed by atoms with Gasteiger partial charge in [-0.3, -0.25) is 19.2 Å². The lowest BCUT2D eigenvalue weighted by molar-refractivity contribution is -0.164. The molecule has 0 radical (unpaired) electrons. The number of ketones is 1. The summed E-state index contributed by atoms with van der Waals surface area (Å²) in [6, 6.07) is 3.70. The number of anilines is 1. The smallest absolute Gasteiger partial charge is 0.293 e. The number of aromatic nitrogens is 1. The maximum absolute atomic E-state index is 13.6. The van der Waals surface area contributed by atoms with Crippen LogP contribution in [0, 0.1) is 18.7 Å². The van der Waals surface area contributed by atoms with E-state index in [1.807, 2.05) is 0 Å². The summed E-state index contributed by atoms with van der Waals surface area (Å²) in [4.78, 5) is 51.7. The van der Waals surface area contributed by atoms with E-state index in [4.69, 9.17) is 11.6 Å². The third-order valence-corrected chi connectivity index (χ3v) is 7.49. The molecule has 1 aliphatic heterocycles. The molecule has 2 aliphatic carbocycles. The van der Waals surface area contributed by atoms with Crippen LogP contribution in [0.4, 0.5) is 18.9 Å². The number of fused-ring (bicyclic) bond motifs is 3. The zero-order valence-corrected chi connectivity index (χ0v) is 20.1. The van der Waals surface area contributed by atoms with Crippen LogP contribution < -0.4 is 16.0 Å². The van der Waals surface area contributed by atoms with Crippen LogP contribution in [0.25, 0.3) is 0 Å². The lowest BCUT2D eigenvalue weighted by Gasteiger charge is -2.45. The molecule has 36 heavy (non-hydrogen) atoms. The van der Waals surface area contributed by atoms with Crippen molar-refractivity contribution in [1.29, 1.82) is 0 Å². The monoisotopic (exact) mass is 522 g/mol. The summed E-state index contributed by atoms with van der Waals surface area (Å²) in [5.41, 5.74) is -0.620. The molecule has 2 aromatic rings. The number of Topliss-reactive ketones (excluding diaryl/α,β-unsaturated/α-hetero) is 1. The molecule has 12 heteroatoms. The van der Waals surface area contributed by atoms with E-state index in [-0.39, 0.29) is 39.4 Å². The van der Waals surface area contributed by atoms with Crippen molar-refractivity contribution in [2.75, 3.05) is 12.4 Å². The van der Waals surface area contributed by atoms with E-state index in [0.29, 0.717) is 12.2 Å². The van der Waals surface area contributed by atoms with Crippen molar-refractivity contribution in [2.24, 2.45) is 5.92 Å². The van der Waals surface area contributed by atoms with Gasteiger partial charge in [0.15, 0.2) is 0 Å². The Kier molecular flexibility index (Phi) is 5.47. The fraction of sp³-hybridized carbons (Fsp3) is 0.417. The summed E-state index contributed by atoms with van der Waals surface area (Å²) in [5, 5.41) is 6.95. The van der Waals surface area contributed by atoms with Gasteiger partial charge in [-0.25, -0.2) is 13.2 Å². The van der Waals surface area contributed by atoms with Crippen molar-refractivity contribution in [1.82, 2.24) is 15.2 Å². The first kappa shape index (κ1) is 24.4. The molecule has 1 aromatic carbocycles. The number of carbonyl (C=O) groups excluding carboxylic acids is 4. The van der Waals surface area contributed by atoms with Crippen molar-refractivity contribution < 1.29 is 32.3 Å². The lowest BCUT2D eigenvalue weighted by Crippen LogP contribution is -2.69. The molecule has 2 saturated carbocycles. The maximum Gasteiger partial charge on any atom is 0.293 e. The highest BCUT2D eigenvalue weighted by molar-refractivity contribution is 6.44. The van der Waals surface area contributed by atoms with Gasteiger partial charge in [0.25, 0.3) is 23.5 Å². The molecule has 190 valence electrons. The SMILES string of the molecule is CNC(=O)C1(NC(=O)C(=O)c2c(C)c(C(=O)Nc3ccc(F)c(Cl)c3)n3c2[C@@H]2C[C@@H]2C3)CC(F)(F)C1. The number of halogens is 4. The fourth-order valence-electron chi connectivity index (χ4n) is 5.47. The number of likely N-dealkylation sites (N-methyl/N-ethyl adjacent to an activating group) is 1. The lowest BCUT2D eigenvalue weighted by atomic mass is 9.72. The Morgan fingerprint density at radius 3 is 2.47 bits per heavy atom. The number of amides is 3. The molecule has 5 rings (SSSR count). The summed E-state index contributed by atoms with van der Waals surface area (Å²) in [5.74, 6) is -7.12. The molecule has 3 aliphatic rings. The topological polar surface area (TPSA) is 109 Å². The number of carbonyl (C=O) groups is 4. The molecule has 1 aromatic heterocycles. The third kappa shape index (κ3) is 3.76. The Balaban J connectivity index is 1.45. The van der Waals surface area contributed by atoms with Crippen LogP contribution in [0.15, 0.2) is 18.2 Å². The average Bonchev–Trinajstić information content (AvgIpc) is 3.36. The molecule has 0 bridgehead atoms. The molecule has 2 atom stereocenters. The molecule has 8 nitrogen and oxygen atoms in total. The Labute approximate surface area is 208 Å². The van der Waals surface area contributed by atoms with Crippen LogP contribution in [0.1, 0.15) is 57.3 Å². The van der Waals surface area contributed by atoms with Crippen LogP contribution in [-0.4, -0.2) is 46.6 Å². The number of hydrogen-bond acceptors (Lipinski definition) is 4. The van der Waals surface area contributed by atoms with E-state index in [1.54, 1.807) is 4.57 Å². The first-order valence-electron chi connectivity index (χ1n) is 11.3. The number of nitrogens with zero attached hydrogens (tertiary/aromatic N) is 1. The largest absolute Gasteiger partial charge is 0.357 e. The standard InChI is InChI=1S/C24H22ClF3N4O4/c1-10-16(19(33)21(35)31-23(22(36)29-2)8-24(27,28)9-23)18-13-5-11(13)7-32(18)17(10)20(34)30-12-3-4-15(26)14(25)6-12/h3-4,6,11,13H,5,7-9H2,1-2H3,(H,29,36)(H,30,34)(H,31,35)/t11-,13-/m1/s1. The predicted molar refractivity (Wildman–Crippen MR) is 123 cm³/mol. The van der Waals surface area contributed by atoms with Gasteiger partial charge in [-0.15, -0.1) is 0 Å². The van der Waals surface area contributed by atoms with Gasteiger partial charge >= 0.3 is 0 Å². The van der Waals surface area contributed by atoms with Gasteiger partial charge in [0.2, 0.25) is 5.91 Å². The number of benzene rings is 1. The summed E-state index contributed by atoms with van der Waals surface area (Å²) >= 11 is 5.80. The third-order valence-electron chi connectivity index (χ3n) is 7.20. The van der Waals surface area contributed by atoms with Crippen molar-refractivity contribution in [3.63, 3.8) is 0 Å². The van der Waals surface area contributed by atoms with Gasteiger partial charge < -0.3 is 20.5 Å². The fourth-order valence-corrected chi connectivity index (χ4v) is 5.65. The number of rotatable bonds is 6. The van der Waals surface area contributed by atoms with Crippen LogP contribution in [-0.2, 0) is 16.1 Å². The molecule has 0 unspecified atom stereocenters. The molecular formula is C24H22ClF3N4O4. The highest BCUT2D eigenvalue weighted by atomic mass is 35.5. The summed E-state index contributed by atoms with van der Waals surface area (Å²) in [7, 11) is 1.26. The van der Waals surface area contributed by atoms with Crippen LogP contribution in [0.5, 0.6) is 0 Å². The van der Waals surface area contributed by atoms with E-state index in [9.17, 15) is 32.3 Å². The molecule has 2 fully saturated rings. The minimum atomic E-state index is -3.13. The average molecular weight is 523 g/mol. The second-order valence-corrected chi connectivity index (χ2v) is 10.1. The number of hydrogen-bond donors (Lipinski definition) is 3. The Morgan fingerprint density at radius 1 is 1.17 bits per heavy atom. The zero-order chi connectivity index (χ0) is 26.2. The minimum Gasteiger partial charge on any atom is -0.357 e. The van der Waals surface area contributed by atoms with E-state index in [0.717, 1.165) is 12.5 Å². The van der Waals surface area contributed by atoms with Gasteiger partial charge in [-0.05, 0) is 43.0 Å². The van der Waals surface area contributed by atoms with E-state index in [2.05, 4.69) is 16.0 Å². The van der Waals surface area contributed by atoms with Gasteiger partial charge in [0, 0.05) is 43.7 Å². The second-order valence-electron chi connectivity index (χ2n) is 9.68. The van der Waals surface area contributed by atoms with E-state index >= 15 is 0 Å². The Morgan fingerprint density at radius 2 is 1.86 bits per heavy atom. The maximum atomic E-state index is 13.6. The molecule has 3 amide bonds.